The van der Waals surface area contributed by atoms with Gasteiger partial charge in [0.1, 0.15) is 11.3 Å². The molecule has 2 aliphatic heterocycles. The average Bonchev–Trinajstić information content (AvgIpc) is 2.64. The fourth-order valence-corrected chi connectivity index (χ4v) is 3.54. The molecule has 1 atom stereocenters. The molecule has 26 heavy (non-hydrogen) atoms. The van der Waals surface area contributed by atoms with Crippen LogP contribution in [-0.4, -0.2) is 25.7 Å². The maximum atomic E-state index is 14.4. The first kappa shape index (κ1) is 17.0. The predicted octanol–water partition coefficient (Wildman–Crippen LogP) is 2.13. The van der Waals surface area contributed by atoms with Gasteiger partial charge in [-0.2, -0.15) is 0 Å². The van der Waals surface area contributed by atoms with E-state index >= 15 is 0 Å². The summed E-state index contributed by atoms with van der Waals surface area (Å²) in [5, 5.41) is 3.32. The summed E-state index contributed by atoms with van der Waals surface area (Å²) in [6.07, 6.45) is 0.461. The maximum absolute atomic E-state index is 14.4. The zero-order valence-electron chi connectivity index (χ0n) is 14.3. The van der Waals surface area contributed by atoms with E-state index in [0.717, 1.165) is 11.1 Å². The third-order valence-corrected chi connectivity index (χ3v) is 5.23. The van der Waals surface area contributed by atoms with Gasteiger partial charge in [-0.15, -0.1) is 0 Å². The first-order valence-corrected chi connectivity index (χ1v) is 8.67. The van der Waals surface area contributed by atoms with Crippen molar-refractivity contribution < 1.29 is 18.7 Å². The van der Waals surface area contributed by atoms with Crippen molar-refractivity contribution in [1.29, 1.82) is 0 Å². The van der Waals surface area contributed by atoms with Gasteiger partial charge in [-0.1, -0.05) is 42.5 Å². The van der Waals surface area contributed by atoms with Crippen LogP contribution in [0.25, 0.3) is 0 Å². The molecule has 0 aromatic heterocycles. The molecule has 0 bridgehead atoms. The van der Waals surface area contributed by atoms with E-state index < -0.39 is 17.1 Å². The lowest BCUT2D eigenvalue weighted by Crippen LogP contribution is -2.54. The Labute approximate surface area is 151 Å². The number of nitrogens with one attached hydrogen (secondary N) is 1. The molecular formula is C20H21FN2O3. The average molecular weight is 356 g/mol. The van der Waals surface area contributed by atoms with Crippen molar-refractivity contribution in [3.05, 3.63) is 65.2 Å². The normalized spacial score (nSPS) is 23.4. The number of halogens is 1. The highest BCUT2D eigenvalue weighted by Crippen LogP contribution is 2.37. The molecule has 2 aliphatic rings. The van der Waals surface area contributed by atoms with Crippen molar-refractivity contribution in [3.8, 4) is 5.75 Å². The Balaban J connectivity index is 1.55. The fraction of sp³-hybridized carbons (Fsp3) is 0.350. The van der Waals surface area contributed by atoms with E-state index in [4.69, 9.17) is 15.2 Å². The number of hydrogen-bond donors (Lipinski definition) is 2. The number of fused-ring (bicyclic) bond motifs is 1. The number of primary amides is 1. The number of hydrogen-bond acceptors (Lipinski definition) is 4. The Morgan fingerprint density at radius 3 is 2.54 bits per heavy atom. The fourth-order valence-electron chi connectivity index (χ4n) is 3.54. The van der Waals surface area contributed by atoms with E-state index in [-0.39, 0.29) is 13.2 Å². The van der Waals surface area contributed by atoms with Gasteiger partial charge in [0.25, 0.3) is 0 Å². The van der Waals surface area contributed by atoms with Gasteiger partial charge >= 0.3 is 0 Å². The highest BCUT2D eigenvalue weighted by Gasteiger charge is 2.43. The molecule has 5 nitrogen and oxygen atoms in total. The molecule has 1 unspecified atom stereocenters. The smallest absolute Gasteiger partial charge is 0.242 e. The Bertz CT molecular complexity index is 820. The van der Waals surface area contributed by atoms with Crippen molar-refractivity contribution in [2.45, 2.75) is 24.2 Å². The second-order valence-corrected chi connectivity index (χ2v) is 6.87. The SMILES string of the molecule is NC(=O)C1(NCc2ccc(C3(F)COC3)cc2)CCOc2ccccc21. The van der Waals surface area contributed by atoms with Gasteiger partial charge in [-0.25, -0.2) is 4.39 Å². The lowest BCUT2D eigenvalue weighted by Gasteiger charge is -2.37. The van der Waals surface area contributed by atoms with Crippen LogP contribution in [0.15, 0.2) is 48.5 Å². The largest absolute Gasteiger partial charge is 0.493 e. The zero-order valence-corrected chi connectivity index (χ0v) is 14.3. The Kier molecular flexibility index (Phi) is 4.17. The number of para-hydroxylation sites is 1. The van der Waals surface area contributed by atoms with E-state index in [9.17, 15) is 9.18 Å². The second-order valence-electron chi connectivity index (χ2n) is 6.87. The van der Waals surface area contributed by atoms with Crippen molar-refractivity contribution in [2.24, 2.45) is 5.73 Å². The minimum Gasteiger partial charge on any atom is -0.493 e. The highest BCUT2D eigenvalue weighted by molar-refractivity contribution is 5.87. The molecule has 1 amide bonds. The lowest BCUT2D eigenvalue weighted by molar-refractivity contribution is -0.135. The minimum absolute atomic E-state index is 0.103. The monoisotopic (exact) mass is 356 g/mol. The molecule has 1 fully saturated rings. The summed E-state index contributed by atoms with van der Waals surface area (Å²) in [6, 6.07) is 14.7. The summed E-state index contributed by atoms with van der Waals surface area (Å²) in [5.74, 6) is 0.240. The van der Waals surface area contributed by atoms with Crippen LogP contribution in [0.4, 0.5) is 4.39 Å². The predicted molar refractivity (Wildman–Crippen MR) is 94.3 cm³/mol. The molecule has 1 saturated heterocycles. The number of nitrogens with two attached hydrogens (primary N) is 1. The van der Waals surface area contributed by atoms with Gasteiger partial charge in [0.2, 0.25) is 5.91 Å². The van der Waals surface area contributed by atoms with Crippen LogP contribution in [-0.2, 0) is 27.3 Å². The Morgan fingerprint density at radius 1 is 1.15 bits per heavy atom. The van der Waals surface area contributed by atoms with Gasteiger partial charge < -0.3 is 15.2 Å². The summed E-state index contributed by atoms with van der Waals surface area (Å²) in [7, 11) is 0. The van der Waals surface area contributed by atoms with Crippen LogP contribution in [0.1, 0.15) is 23.1 Å². The van der Waals surface area contributed by atoms with Crippen LogP contribution in [0.2, 0.25) is 0 Å². The molecule has 2 aromatic carbocycles. The molecule has 2 heterocycles. The molecule has 0 saturated carbocycles. The standard InChI is InChI=1S/C20H21FN2O3/c21-19(12-25-13-19)15-7-5-14(6-8-15)11-23-20(18(22)24)9-10-26-17-4-2-1-3-16(17)20/h1-8,23H,9-13H2,(H2,22,24). The molecule has 0 spiro atoms. The number of carbonyl (C=O) groups is 1. The van der Waals surface area contributed by atoms with E-state index in [2.05, 4.69) is 5.32 Å². The van der Waals surface area contributed by atoms with Crippen molar-refractivity contribution in [1.82, 2.24) is 5.32 Å². The Morgan fingerprint density at radius 2 is 1.88 bits per heavy atom. The lowest BCUT2D eigenvalue weighted by atomic mass is 9.83. The molecule has 4 rings (SSSR count). The van der Waals surface area contributed by atoms with E-state index in [1.54, 1.807) is 12.1 Å². The van der Waals surface area contributed by atoms with E-state index in [1.807, 2.05) is 36.4 Å². The maximum Gasteiger partial charge on any atom is 0.242 e. The van der Waals surface area contributed by atoms with Crippen LogP contribution in [0.3, 0.4) is 0 Å². The topological polar surface area (TPSA) is 73.6 Å². The summed E-state index contributed by atoms with van der Waals surface area (Å²) in [5.41, 5.74) is 5.74. The van der Waals surface area contributed by atoms with Crippen molar-refractivity contribution in [2.75, 3.05) is 19.8 Å². The van der Waals surface area contributed by atoms with Crippen LogP contribution >= 0.6 is 0 Å². The van der Waals surface area contributed by atoms with Crippen LogP contribution < -0.4 is 15.8 Å². The summed E-state index contributed by atoms with van der Waals surface area (Å²) < 4.78 is 25.0. The number of amides is 1. The number of carbonyl (C=O) groups excluding carboxylic acids is 1. The van der Waals surface area contributed by atoms with Gasteiger partial charge in [0.05, 0.1) is 19.8 Å². The van der Waals surface area contributed by atoms with Crippen molar-refractivity contribution in [3.63, 3.8) is 0 Å². The molecule has 0 radical (unpaired) electrons. The van der Waals surface area contributed by atoms with Crippen LogP contribution in [0.5, 0.6) is 5.75 Å². The van der Waals surface area contributed by atoms with Gasteiger partial charge in [0, 0.05) is 18.5 Å². The number of benzene rings is 2. The zero-order chi connectivity index (χ0) is 18.2. The first-order valence-electron chi connectivity index (χ1n) is 8.67. The van der Waals surface area contributed by atoms with Gasteiger partial charge in [0.15, 0.2) is 5.67 Å². The van der Waals surface area contributed by atoms with Crippen molar-refractivity contribution >= 4 is 5.91 Å². The number of alkyl halides is 1. The van der Waals surface area contributed by atoms with E-state index in [1.165, 1.54) is 0 Å². The molecular weight excluding hydrogens is 335 g/mol. The summed E-state index contributed by atoms with van der Waals surface area (Å²) >= 11 is 0. The molecule has 0 aliphatic carbocycles. The van der Waals surface area contributed by atoms with E-state index in [0.29, 0.717) is 30.9 Å². The highest BCUT2D eigenvalue weighted by atomic mass is 19.1. The summed E-state index contributed by atoms with van der Waals surface area (Å²) in [6.45, 7) is 1.06. The third kappa shape index (κ3) is 2.75. The van der Waals surface area contributed by atoms with Gasteiger partial charge in [-0.3, -0.25) is 10.1 Å². The van der Waals surface area contributed by atoms with Gasteiger partial charge in [-0.05, 0) is 17.2 Å². The third-order valence-electron chi connectivity index (χ3n) is 5.23. The minimum atomic E-state index is -1.37. The quantitative estimate of drug-likeness (QED) is 0.861. The number of ether oxygens (including phenoxy) is 2. The summed E-state index contributed by atoms with van der Waals surface area (Å²) in [4.78, 5) is 12.3. The molecule has 136 valence electrons. The first-order chi connectivity index (χ1) is 12.5. The molecule has 3 N–H and O–H groups in total. The van der Waals surface area contributed by atoms with Crippen LogP contribution in [0, 0.1) is 0 Å². The molecule has 2 aromatic rings. The molecule has 6 heteroatoms. The Hall–Kier alpha value is -2.44. The second kappa shape index (κ2) is 6.37. The number of rotatable bonds is 5.